The summed E-state index contributed by atoms with van der Waals surface area (Å²) < 4.78 is 0.635. The topological polar surface area (TPSA) is 45.8 Å². The normalized spacial score (nSPS) is 11.6. The molecule has 0 aliphatic heterocycles. The van der Waals surface area contributed by atoms with E-state index in [4.69, 9.17) is 11.6 Å². The maximum atomic E-state index is 12.0. The Balaban J connectivity index is 2.67. The standard InChI is InChI=1S/C14H14ClIN2O/c1-14(2,3)11-10(16)13(19)18-12(17-11)8-5-4-6-9(15)7-8/h4-7H,1-3H3,(H,17,18,19). The van der Waals surface area contributed by atoms with E-state index < -0.39 is 0 Å². The van der Waals surface area contributed by atoms with Gasteiger partial charge in [0.05, 0.1) is 5.69 Å². The molecule has 0 radical (unpaired) electrons. The Morgan fingerprint density at radius 1 is 1.32 bits per heavy atom. The predicted molar refractivity (Wildman–Crippen MR) is 86.7 cm³/mol. The highest BCUT2D eigenvalue weighted by Gasteiger charge is 2.22. The van der Waals surface area contributed by atoms with Crippen molar-refractivity contribution in [2.75, 3.05) is 0 Å². The molecule has 100 valence electrons. The van der Waals surface area contributed by atoms with Crippen molar-refractivity contribution in [1.29, 1.82) is 0 Å². The molecule has 1 aromatic carbocycles. The van der Waals surface area contributed by atoms with Gasteiger partial charge in [0.2, 0.25) is 0 Å². The van der Waals surface area contributed by atoms with Crippen molar-refractivity contribution in [3.8, 4) is 11.4 Å². The highest BCUT2D eigenvalue weighted by molar-refractivity contribution is 14.1. The molecule has 0 bridgehead atoms. The van der Waals surface area contributed by atoms with Gasteiger partial charge in [-0.1, -0.05) is 44.5 Å². The molecular weight excluding hydrogens is 375 g/mol. The van der Waals surface area contributed by atoms with E-state index in [1.165, 1.54) is 0 Å². The molecule has 0 aliphatic carbocycles. The average molecular weight is 389 g/mol. The molecule has 0 amide bonds. The third kappa shape index (κ3) is 3.17. The molecule has 1 aromatic heterocycles. The van der Waals surface area contributed by atoms with E-state index in [0.29, 0.717) is 14.4 Å². The van der Waals surface area contributed by atoms with Crippen molar-refractivity contribution in [1.82, 2.24) is 9.97 Å². The van der Waals surface area contributed by atoms with E-state index in [-0.39, 0.29) is 11.0 Å². The maximum absolute atomic E-state index is 12.0. The summed E-state index contributed by atoms with van der Waals surface area (Å²) in [6.45, 7) is 6.12. The molecule has 0 saturated carbocycles. The van der Waals surface area contributed by atoms with E-state index in [0.717, 1.165) is 11.3 Å². The number of hydrogen-bond acceptors (Lipinski definition) is 2. The zero-order valence-corrected chi connectivity index (χ0v) is 13.8. The number of hydrogen-bond donors (Lipinski definition) is 1. The summed E-state index contributed by atoms with van der Waals surface area (Å²) in [7, 11) is 0. The minimum atomic E-state index is -0.182. The molecule has 0 atom stereocenters. The van der Waals surface area contributed by atoms with Gasteiger partial charge in [0.15, 0.2) is 0 Å². The lowest BCUT2D eigenvalue weighted by atomic mass is 9.92. The van der Waals surface area contributed by atoms with Gasteiger partial charge in [-0.2, -0.15) is 0 Å². The number of aromatic amines is 1. The van der Waals surface area contributed by atoms with Gasteiger partial charge in [-0.05, 0) is 34.7 Å². The van der Waals surface area contributed by atoms with Crippen molar-refractivity contribution in [3.63, 3.8) is 0 Å². The third-order valence-electron chi connectivity index (χ3n) is 2.67. The van der Waals surface area contributed by atoms with Gasteiger partial charge >= 0.3 is 0 Å². The van der Waals surface area contributed by atoms with Crippen LogP contribution in [-0.2, 0) is 5.41 Å². The van der Waals surface area contributed by atoms with Crippen LogP contribution >= 0.6 is 34.2 Å². The zero-order valence-electron chi connectivity index (χ0n) is 10.9. The second-order valence-corrected chi connectivity index (χ2v) is 6.85. The van der Waals surface area contributed by atoms with Crippen LogP contribution < -0.4 is 5.56 Å². The zero-order chi connectivity index (χ0) is 14.2. The summed E-state index contributed by atoms with van der Waals surface area (Å²) in [6, 6.07) is 7.30. The molecular formula is C14H14ClIN2O. The van der Waals surface area contributed by atoms with Crippen molar-refractivity contribution in [2.24, 2.45) is 0 Å². The fraction of sp³-hybridized carbons (Fsp3) is 0.286. The average Bonchev–Trinajstić information content (AvgIpc) is 2.31. The molecule has 3 nitrogen and oxygen atoms in total. The van der Waals surface area contributed by atoms with Crippen molar-refractivity contribution in [2.45, 2.75) is 26.2 Å². The molecule has 0 aliphatic rings. The van der Waals surface area contributed by atoms with Gasteiger partial charge in [0.1, 0.15) is 9.39 Å². The molecule has 0 fully saturated rings. The van der Waals surface area contributed by atoms with Crippen LogP contribution in [0.3, 0.4) is 0 Å². The van der Waals surface area contributed by atoms with E-state index in [9.17, 15) is 4.79 Å². The first-order chi connectivity index (χ1) is 8.79. The summed E-state index contributed by atoms with van der Waals surface area (Å²) in [5, 5.41) is 0.621. The van der Waals surface area contributed by atoms with Crippen LogP contribution in [0.15, 0.2) is 29.1 Å². The van der Waals surface area contributed by atoms with Gasteiger partial charge in [-0.15, -0.1) is 0 Å². The summed E-state index contributed by atoms with van der Waals surface area (Å²) in [5.74, 6) is 0.554. The summed E-state index contributed by atoms with van der Waals surface area (Å²) in [6.07, 6.45) is 0. The lowest BCUT2D eigenvalue weighted by molar-refractivity contribution is 0.562. The molecule has 5 heteroatoms. The highest BCUT2D eigenvalue weighted by Crippen LogP contribution is 2.26. The Morgan fingerprint density at radius 3 is 2.58 bits per heavy atom. The second-order valence-electron chi connectivity index (χ2n) is 5.34. The molecule has 2 aromatic rings. The number of nitrogens with zero attached hydrogens (tertiary/aromatic N) is 1. The van der Waals surface area contributed by atoms with E-state index >= 15 is 0 Å². The molecule has 0 unspecified atom stereocenters. The van der Waals surface area contributed by atoms with Crippen molar-refractivity contribution in [3.05, 3.63) is 48.9 Å². The molecule has 1 N–H and O–H groups in total. The van der Waals surface area contributed by atoms with Crippen molar-refractivity contribution < 1.29 is 0 Å². The monoisotopic (exact) mass is 388 g/mol. The minimum absolute atomic E-state index is 0.115. The van der Waals surface area contributed by atoms with E-state index in [1.807, 2.05) is 55.5 Å². The summed E-state index contributed by atoms with van der Waals surface area (Å²) >= 11 is 8.01. The SMILES string of the molecule is CC(C)(C)c1nc(-c2cccc(Cl)c2)[nH]c(=O)c1I. The largest absolute Gasteiger partial charge is 0.306 e. The number of benzene rings is 1. The van der Waals surface area contributed by atoms with Crippen LogP contribution in [0, 0.1) is 3.57 Å². The van der Waals surface area contributed by atoms with Crippen LogP contribution in [0.5, 0.6) is 0 Å². The van der Waals surface area contributed by atoms with Crippen molar-refractivity contribution >= 4 is 34.2 Å². The smallest absolute Gasteiger partial charge is 0.264 e. The number of H-pyrrole nitrogens is 1. The van der Waals surface area contributed by atoms with E-state index in [2.05, 4.69) is 9.97 Å². The molecule has 0 spiro atoms. The summed E-state index contributed by atoms with van der Waals surface area (Å²) in [4.78, 5) is 19.4. The Hall–Kier alpha value is -0.880. The number of rotatable bonds is 1. The first-order valence-electron chi connectivity index (χ1n) is 5.85. The lowest BCUT2D eigenvalue weighted by Crippen LogP contribution is -2.24. The Bertz CT molecular complexity index is 674. The first-order valence-corrected chi connectivity index (χ1v) is 7.31. The van der Waals surface area contributed by atoms with Crippen LogP contribution in [0.1, 0.15) is 26.5 Å². The van der Waals surface area contributed by atoms with Gasteiger partial charge in [-0.25, -0.2) is 4.98 Å². The van der Waals surface area contributed by atoms with Gasteiger partial charge in [0, 0.05) is 16.0 Å². The second kappa shape index (κ2) is 5.25. The van der Waals surface area contributed by atoms with Gasteiger partial charge in [-0.3, -0.25) is 4.79 Å². The fourth-order valence-corrected chi connectivity index (χ4v) is 2.98. The number of nitrogens with one attached hydrogen (secondary N) is 1. The third-order valence-corrected chi connectivity index (χ3v) is 3.91. The Morgan fingerprint density at radius 2 is 2.00 bits per heavy atom. The van der Waals surface area contributed by atoms with E-state index in [1.54, 1.807) is 12.1 Å². The molecule has 2 rings (SSSR count). The fourth-order valence-electron chi connectivity index (χ4n) is 1.73. The number of aromatic nitrogens is 2. The van der Waals surface area contributed by atoms with Gasteiger partial charge < -0.3 is 4.98 Å². The molecule has 0 saturated heterocycles. The highest BCUT2D eigenvalue weighted by atomic mass is 127. The van der Waals surface area contributed by atoms with Gasteiger partial charge in [0.25, 0.3) is 5.56 Å². The Kier molecular flexibility index (Phi) is 4.01. The van der Waals surface area contributed by atoms with Crippen LogP contribution in [0.25, 0.3) is 11.4 Å². The molecule has 1 heterocycles. The van der Waals surface area contributed by atoms with Crippen LogP contribution in [0.4, 0.5) is 0 Å². The number of halogens is 2. The quantitative estimate of drug-likeness (QED) is 0.751. The lowest BCUT2D eigenvalue weighted by Gasteiger charge is -2.19. The van der Waals surface area contributed by atoms with Crippen LogP contribution in [0.2, 0.25) is 5.02 Å². The summed E-state index contributed by atoms with van der Waals surface area (Å²) in [5.41, 5.74) is 1.31. The first kappa shape index (κ1) is 14.5. The maximum Gasteiger partial charge on any atom is 0.264 e. The van der Waals surface area contributed by atoms with Crippen LogP contribution in [-0.4, -0.2) is 9.97 Å². The minimum Gasteiger partial charge on any atom is -0.306 e. The predicted octanol–water partition coefficient (Wildman–Crippen LogP) is 3.99. The molecule has 19 heavy (non-hydrogen) atoms. The Labute approximate surface area is 130 Å².